The normalized spacial score (nSPS) is 21.5. The largest absolute Gasteiger partial charge is 0.370 e. The van der Waals surface area contributed by atoms with Crippen LogP contribution in [0.25, 0.3) is 0 Å². The smallest absolute Gasteiger partial charge is 0.325 e. The minimum absolute atomic E-state index is 0.261. The third-order valence-electron chi connectivity index (χ3n) is 6.24. The van der Waals surface area contributed by atoms with Crippen molar-refractivity contribution in [1.29, 1.82) is 0 Å². The van der Waals surface area contributed by atoms with Gasteiger partial charge in [0.1, 0.15) is 17.9 Å². The summed E-state index contributed by atoms with van der Waals surface area (Å²) in [6.45, 7) is 5.66. The molecule has 2 fully saturated rings. The van der Waals surface area contributed by atoms with Crippen LogP contribution in [-0.4, -0.2) is 60.4 Å². The van der Waals surface area contributed by atoms with Crippen LogP contribution in [-0.2, 0) is 15.1 Å². The molecule has 0 bridgehead atoms. The zero-order valence-corrected chi connectivity index (χ0v) is 18.3. The summed E-state index contributed by atoms with van der Waals surface area (Å²) in [5.41, 5.74) is 1.45. The van der Waals surface area contributed by atoms with Crippen molar-refractivity contribution in [3.8, 4) is 0 Å². The molecule has 0 aromatic heterocycles. The first-order chi connectivity index (χ1) is 15.3. The van der Waals surface area contributed by atoms with Gasteiger partial charge in [0, 0.05) is 31.9 Å². The number of imide groups is 1. The van der Waals surface area contributed by atoms with Crippen molar-refractivity contribution in [3.05, 3.63) is 65.5 Å². The number of urea groups is 1. The second kappa shape index (κ2) is 8.61. The number of halogens is 1. The fraction of sp³-hybridized carbons (Fsp3) is 0.375. The molecule has 1 N–H and O–H groups in total. The molecular weight excluding hydrogens is 411 g/mol. The van der Waals surface area contributed by atoms with Crippen molar-refractivity contribution >= 4 is 23.5 Å². The van der Waals surface area contributed by atoms with Gasteiger partial charge in [0.2, 0.25) is 5.91 Å². The van der Waals surface area contributed by atoms with Crippen LogP contribution in [0.4, 0.5) is 14.9 Å². The lowest BCUT2D eigenvalue weighted by atomic mass is 9.91. The Kier molecular flexibility index (Phi) is 5.86. The average molecular weight is 439 g/mol. The Morgan fingerprint density at radius 1 is 1.00 bits per heavy atom. The Morgan fingerprint density at radius 2 is 1.69 bits per heavy atom. The third-order valence-corrected chi connectivity index (χ3v) is 6.24. The molecule has 8 heteroatoms. The molecule has 2 saturated heterocycles. The van der Waals surface area contributed by atoms with Gasteiger partial charge in [-0.3, -0.25) is 14.5 Å². The quantitative estimate of drug-likeness (QED) is 0.745. The first kappa shape index (κ1) is 21.8. The second-order valence-electron chi connectivity index (χ2n) is 8.51. The van der Waals surface area contributed by atoms with Crippen LogP contribution in [0.15, 0.2) is 48.5 Å². The lowest BCUT2D eigenvalue weighted by molar-refractivity contribution is -0.138. The van der Waals surface area contributed by atoms with Crippen LogP contribution in [0.5, 0.6) is 0 Å². The summed E-state index contributed by atoms with van der Waals surface area (Å²) in [7, 11) is 0. The van der Waals surface area contributed by atoms with E-state index in [1.165, 1.54) is 12.1 Å². The minimum atomic E-state index is -1.19. The zero-order chi connectivity index (χ0) is 22.9. The Labute approximate surface area is 186 Å². The first-order valence-electron chi connectivity index (χ1n) is 10.8. The van der Waals surface area contributed by atoms with E-state index >= 15 is 0 Å². The van der Waals surface area contributed by atoms with E-state index in [9.17, 15) is 18.8 Å². The highest BCUT2D eigenvalue weighted by Crippen LogP contribution is 2.29. The van der Waals surface area contributed by atoms with E-state index in [4.69, 9.17) is 0 Å². The monoisotopic (exact) mass is 438 g/mol. The fourth-order valence-corrected chi connectivity index (χ4v) is 4.24. The molecule has 1 unspecified atom stereocenters. The minimum Gasteiger partial charge on any atom is -0.370 e. The molecule has 2 aliphatic rings. The third kappa shape index (κ3) is 4.17. The highest BCUT2D eigenvalue weighted by molar-refractivity contribution is 6.09. The molecule has 32 heavy (non-hydrogen) atoms. The number of hydrogen-bond acceptors (Lipinski definition) is 4. The van der Waals surface area contributed by atoms with Gasteiger partial charge in [-0.1, -0.05) is 29.8 Å². The molecule has 0 spiro atoms. The summed E-state index contributed by atoms with van der Waals surface area (Å²) in [5, 5.41) is 2.75. The van der Waals surface area contributed by atoms with E-state index in [0.29, 0.717) is 25.2 Å². The number of aryl methyl sites for hydroxylation is 1. The SMILES string of the molecule is Cc1ccc(C2(C)NC(=O)N(CC(=O)N3CCCN(c4ccc(F)cc4)CC3)C2=O)cc1. The lowest BCUT2D eigenvalue weighted by Gasteiger charge is -2.25. The molecule has 4 amide bonds. The Hall–Kier alpha value is -3.42. The van der Waals surface area contributed by atoms with Crippen LogP contribution in [0.2, 0.25) is 0 Å². The van der Waals surface area contributed by atoms with Crippen LogP contribution in [0.1, 0.15) is 24.5 Å². The van der Waals surface area contributed by atoms with E-state index in [2.05, 4.69) is 10.2 Å². The molecule has 168 valence electrons. The summed E-state index contributed by atoms with van der Waals surface area (Å²) in [4.78, 5) is 43.4. The molecule has 2 aromatic rings. The van der Waals surface area contributed by atoms with Crippen LogP contribution >= 0.6 is 0 Å². The molecule has 2 heterocycles. The summed E-state index contributed by atoms with van der Waals surface area (Å²) >= 11 is 0. The number of amides is 4. The Balaban J connectivity index is 1.41. The molecule has 1 atom stereocenters. The van der Waals surface area contributed by atoms with Gasteiger partial charge >= 0.3 is 6.03 Å². The van der Waals surface area contributed by atoms with E-state index < -0.39 is 17.5 Å². The van der Waals surface area contributed by atoms with Gasteiger partial charge in [-0.05, 0) is 50.1 Å². The molecule has 2 aliphatic heterocycles. The number of benzene rings is 2. The fourth-order valence-electron chi connectivity index (χ4n) is 4.24. The highest BCUT2D eigenvalue weighted by atomic mass is 19.1. The van der Waals surface area contributed by atoms with Crippen molar-refractivity contribution in [1.82, 2.24) is 15.1 Å². The molecule has 0 saturated carbocycles. The summed E-state index contributed by atoms with van der Waals surface area (Å²) in [6.07, 6.45) is 0.740. The Bertz CT molecular complexity index is 1020. The van der Waals surface area contributed by atoms with E-state index in [0.717, 1.165) is 29.1 Å². The van der Waals surface area contributed by atoms with Crippen molar-refractivity contribution in [2.24, 2.45) is 0 Å². The number of rotatable bonds is 4. The lowest BCUT2D eigenvalue weighted by Crippen LogP contribution is -2.45. The van der Waals surface area contributed by atoms with Crippen LogP contribution in [0.3, 0.4) is 0 Å². The number of anilines is 1. The van der Waals surface area contributed by atoms with Gasteiger partial charge in [-0.2, -0.15) is 0 Å². The van der Waals surface area contributed by atoms with E-state index in [-0.39, 0.29) is 18.3 Å². The predicted molar refractivity (Wildman–Crippen MR) is 119 cm³/mol. The number of carbonyl (C=O) groups is 3. The standard InChI is InChI=1S/C24H27FN4O3/c1-17-4-6-18(7-5-17)24(2)22(31)29(23(32)26-24)16-21(30)28-13-3-12-27(14-15-28)20-10-8-19(25)9-11-20/h4-11H,3,12-16H2,1-2H3,(H,26,32). The number of hydrogen-bond donors (Lipinski definition) is 1. The van der Waals surface area contributed by atoms with Gasteiger partial charge in [-0.15, -0.1) is 0 Å². The van der Waals surface area contributed by atoms with E-state index in [1.54, 1.807) is 24.0 Å². The predicted octanol–water partition coefficient (Wildman–Crippen LogP) is 2.64. The first-order valence-corrected chi connectivity index (χ1v) is 10.8. The second-order valence-corrected chi connectivity index (χ2v) is 8.51. The van der Waals surface area contributed by atoms with Gasteiger partial charge in [0.05, 0.1) is 0 Å². The van der Waals surface area contributed by atoms with Crippen LogP contribution in [0, 0.1) is 12.7 Å². The van der Waals surface area contributed by atoms with Gasteiger partial charge in [0.25, 0.3) is 5.91 Å². The van der Waals surface area contributed by atoms with Crippen molar-refractivity contribution < 1.29 is 18.8 Å². The van der Waals surface area contributed by atoms with Crippen molar-refractivity contribution in [3.63, 3.8) is 0 Å². The van der Waals surface area contributed by atoms with Gasteiger partial charge < -0.3 is 15.1 Å². The molecule has 2 aromatic carbocycles. The number of carbonyl (C=O) groups excluding carboxylic acids is 3. The molecular formula is C24H27FN4O3. The van der Waals surface area contributed by atoms with Gasteiger partial charge in [0.15, 0.2) is 0 Å². The maximum Gasteiger partial charge on any atom is 0.325 e. The van der Waals surface area contributed by atoms with Crippen LogP contribution < -0.4 is 10.2 Å². The number of nitrogens with zero attached hydrogens (tertiary/aromatic N) is 3. The molecule has 7 nitrogen and oxygen atoms in total. The maximum absolute atomic E-state index is 13.2. The number of nitrogens with one attached hydrogen (secondary N) is 1. The molecule has 0 aliphatic carbocycles. The zero-order valence-electron chi connectivity index (χ0n) is 18.3. The maximum atomic E-state index is 13.2. The average Bonchev–Trinajstić information content (AvgIpc) is 2.95. The van der Waals surface area contributed by atoms with Crippen molar-refractivity contribution in [2.75, 3.05) is 37.6 Å². The van der Waals surface area contributed by atoms with Gasteiger partial charge in [-0.25, -0.2) is 9.18 Å². The molecule has 0 radical (unpaired) electrons. The summed E-state index contributed by atoms with van der Waals surface area (Å²) in [5.74, 6) is -0.975. The highest BCUT2D eigenvalue weighted by Gasteiger charge is 2.49. The summed E-state index contributed by atoms with van der Waals surface area (Å²) < 4.78 is 13.2. The van der Waals surface area contributed by atoms with E-state index in [1.807, 2.05) is 31.2 Å². The molecule has 4 rings (SSSR count). The summed E-state index contributed by atoms with van der Waals surface area (Å²) in [6, 6.07) is 13.1. The Morgan fingerprint density at radius 3 is 2.38 bits per heavy atom. The van der Waals surface area contributed by atoms with Crippen molar-refractivity contribution in [2.45, 2.75) is 25.8 Å². The topological polar surface area (TPSA) is 73.0 Å².